The van der Waals surface area contributed by atoms with E-state index in [1.165, 1.54) is 66.7 Å². The quantitative estimate of drug-likeness (QED) is 0.0944. The summed E-state index contributed by atoms with van der Waals surface area (Å²) in [6, 6.07) is 103. The van der Waals surface area contributed by atoms with E-state index in [1.807, 2.05) is 170 Å². The Morgan fingerprint density at radius 2 is 0.305 bits per heavy atom. The summed E-state index contributed by atoms with van der Waals surface area (Å²) < 4.78 is 0. The second-order valence-corrected chi connectivity index (χ2v) is 26.0. The van der Waals surface area contributed by atoms with Crippen LogP contribution in [0.25, 0.3) is 0 Å². The third-order valence-corrected chi connectivity index (χ3v) is 21.2. The van der Waals surface area contributed by atoms with Crippen molar-refractivity contribution in [2.75, 3.05) is 0 Å². The average Bonchev–Trinajstić information content (AvgIpc) is 3.61. The number of nitrogens with zero attached hydrogens (tertiary/aromatic N) is 4. The Bertz CT molecular complexity index is 3340. The van der Waals surface area contributed by atoms with Gasteiger partial charge in [-0.05, 0) is 98.4 Å². The molecule has 0 aliphatic carbocycles. The molecule has 400 valence electrons. The maximum absolute atomic E-state index is 11.6. The number of aromatic nitrogens is 4. The van der Waals surface area contributed by atoms with Crippen LogP contribution in [0.3, 0.4) is 0 Å². The third kappa shape index (κ3) is 17.8. The minimum Gasteiger partial charge on any atom is -0.622 e. The van der Waals surface area contributed by atoms with Gasteiger partial charge in [0.2, 0.25) is 0 Å². The van der Waals surface area contributed by atoms with Crippen LogP contribution in [0.4, 0.5) is 0 Å². The van der Waals surface area contributed by atoms with Crippen molar-refractivity contribution in [3.63, 3.8) is 0 Å². The van der Waals surface area contributed by atoms with Gasteiger partial charge in [-0.2, -0.15) is 0 Å². The second-order valence-electron chi connectivity index (χ2n) is 17.4. The number of hydrogen-bond donors (Lipinski definition) is 0. The van der Waals surface area contributed by atoms with Gasteiger partial charge in [0.15, 0.2) is 0 Å². The van der Waals surface area contributed by atoms with Crippen molar-refractivity contribution in [1.29, 1.82) is 0 Å². The number of pyridine rings is 4. The van der Waals surface area contributed by atoms with Crippen molar-refractivity contribution in [3.8, 4) is 0 Å². The topological polar surface area (TPSA) is 125 Å². The van der Waals surface area contributed by atoms with E-state index in [0.29, 0.717) is 0 Å². The zero-order valence-corrected chi connectivity index (χ0v) is 51.6. The summed E-state index contributed by atoms with van der Waals surface area (Å²) in [5.41, 5.74) is 2.69. The van der Waals surface area contributed by atoms with Crippen LogP contribution in [0, 0.1) is 0 Å². The molecule has 0 N–H and O–H groups in total. The van der Waals surface area contributed by atoms with Crippen molar-refractivity contribution >= 4 is 95.9 Å². The molecule has 0 unspecified atom stereocenters. The second kappa shape index (κ2) is 32.9. The van der Waals surface area contributed by atoms with Gasteiger partial charge in [0.05, 0.1) is 22.2 Å². The fourth-order valence-corrected chi connectivity index (χ4v) is 17.2. The van der Waals surface area contributed by atoms with Crippen LogP contribution in [-0.4, -0.2) is 0 Å². The molecule has 0 saturated carbocycles. The summed E-state index contributed by atoms with van der Waals surface area (Å²) in [7, 11) is -3.09. The number of benzene rings is 8. The monoisotopic (exact) mass is 1310 g/mol. The molecule has 0 radical (unpaired) electrons. The summed E-state index contributed by atoms with van der Waals surface area (Å²) in [5, 5.41) is 9.61. The summed E-state index contributed by atoms with van der Waals surface area (Å²) in [6.45, 7) is 0. The van der Waals surface area contributed by atoms with Crippen molar-refractivity contribution in [2.45, 2.75) is 0 Å². The molecule has 12 rings (SSSR count). The molecule has 4 aromatic heterocycles. The van der Waals surface area contributed by atoms with E-state index in [1.54, 1.807) is 24.3 Å². The van der Waals surface area contributed by atoms with Crippen LogP contribution < -0.4 is 106 Å². The molecule has 0 amide bonds. The van der Waals surface area contributed by atoms with Gasteiger partial charge in [-0.25, -0.2) is 0 Å². The first-order chi connectivity index (χ1) is 39.4. The summed E-state index contributed by atoms with van der Waals surface area (Å²) >= 11 is 0. The summed E-state index contributed by atoms with van der Waals surface area (Å²) in [6.07, 6.45) is 0. The first-order valence-electron chi connectivity index (χ1n) is 25.6. The Hall–Kier alpha value is -7.34. The average molecular weight is 1300 g/mol. The van der Waals surface area contributed by atoms with Crippen LogP contribution in [0.15, 0.2) is 335 Å². The molecule has 12 aromatic rings. The van der Waals surface area contributed by atoms with Gasteiger partial charge >= 0.3 is 42.1 Å². The van der Waals surface area contributed by atoms with Crippen molar-refractivity contribution in [1.82, 2.24) is 19.9 Å². The Morgan fingerprint density at radius 3 is 0.427 bits per heavy atom. The zero-order valence-electron chi connectivity index (χ0n) is 44.0. The predicted molar refractivity (Wildman–Crippen MR) is 339 cm³/mol. The molecule has 0 atom stereocenters. The fourth-order valence-electron chi connectivity index (χ4n) is 8.38. The Balaban J connectivity index is 0.000000156. The van der Waals surface area contributed by atoms with Crippen LogP contribution in [0.1, 0.15) is 0 Å². The Kier molecular flexibility index (Phi) is 25.0. The van der Waals surface area contributed by atoms with E-state index in [9.17, 15) is 19.2 Å². The van der Waals surface area contributed by atoms with Gasteiger partial charge in [-0.1, -0.05) is 291 Å². The molecule has 0 saturated heterocycles. The fraction of sp³-hybridized carbons (Fsp3) is 0. The maximum Gasteiger partial charge on any atom is 2.00 e. The number of hydrogen-bond acceptors (Lipinski definition) is 4. The van der Waals surface area contributed by atoms with E-state index in [-0.39, 0.29) is 64.4 Å². The van der Waals surface area contributed by atoms with E-state index < -0.39 is 31.7 Å². The molecule has 4 heterocycles. The van der Waals surface area contributed by atoms with Crippen molar-refractivity contribution in [3.05, 3.63) is 357 Å². The van der Waals surface area contributed by atoms with Gasteiger partial charge < -0.3 is 39.1 Å². The number of rotatable bonds is 12. The smallest absolute Gasteiger partial charge is 0.622 e. The minimum absolute atomic E-state index is 0. The molecule has 82 heavy (non-hydrogen) atoms. The van der Waals surface area contributed by atoms with Gasteiger partial charge in [0.1, 0.15) is 0 Å². The van der Waals surface area contributed by atoms with Crippen molar-refractivity contribution in [2.24, 2.45) is 0 Å². The van der Waals surface area contributed by atoms with Crippen LogP contribution >= 0.6 is 31.7 Å². The van der Waals surface area contributed by atoms with Gasteiger partial charge in [0, 0.05) is 0 Å². The molecular weight excluding hydrogens is 1250 g/mol. The van der Waals surface area contributed by atoms with Crippen LogP contribution in [0.2, 0.25) is 0 Å². The molecule has 0 fully saturated rings. The molecular formula is C68H52Mo2N4O4P4. The first kappa shape index (κ1) is 62.3. The largest absolute Gasteiger partial charge is 2.00 e. The van der Waals surface area contributed by atoms with E-state index >= 15 is 0 Å². The van der Waals surface area contributed by atoms with Gasteiger partial charge in [-0.3, -0.25) is 0 Å². The van der Waals surface area contributed by atoms with Crippen LogP contribution in [-0.2, 0) is 42.1 Å². The maximum atomic E-state index is 11.6. The standard InChI is InChI=1S/4C17H14NOP.2Mo/c4*19-16-12-7-13-17(18-16)20(14-8-3-1-4-9-14)15-10-5-2-6-11-15;;/h4*1-13H,(H,18,19);;/q;;;;2*+2/p-4. The third-order valence-electron chi connectivity index (χ3n) is 11.9. The zero-order chi connectivity index (χ0) is 55.1. The van der Waals surface area contributed by atoms with Crippen molar-refractivity contribution < 1.29 is 42.1 Å². The molecule has 8 nitrogen and oxygen atoms in total. The Labute approximate surface area is 510 Å². The van der Waals surface area contributed by atoms with E-state index in [0.717, 1.165) is 21.7 Å². The summed E-state index contributed by atoms with van der Waals surface area (Å²) in [5.74, 6) is 0. The van der Waals surface area contributed by atoms with Gasteiger partial charge in [-0.15, -0.1) is 21.7 Å². The van der Waals surface area contributed by atoms with E-state index in [2.05, 4.69) is 117 Å². The normalized spacial score (nSPS) is 10.4. The molecule has 0 aliphatic rings. The molecule has 0 bridgehead atoms. The molecule has 8 aromatic carbocycles. The molecule has 0 spiro atoms. The first-order valence-corrected chi connectivity index (χ1v) is 30.9. The SMILES string of the molecule is O=c1cccc(P(c2ccccc2)c2ccccc2)[n-]1.O=c1cccc(P(c2ccccc2)c2ccccc2)[n-]1.O=c1cccc(P(c2ccccc2)c2ccccc2)[n-]1.O=c1cccc(P(c2ccccc2)c2ccccc2)[n-]1.[Mo+2].[Mo+2]. The van der Waals surface area contributed by atoms with Crippen LogP contribution in [0.5, 0.6) is 0 Å². The summed E-state index contributed by atoms with van der Waals surface area (Å²) in [4.78, 5) is 63.0. The minimum atomic E-state index is -0.773. The predicted octanol–water partition coefficient (Wildman–Crippen LogP) is 7.04. The molecule has 0 aliphatic heterocycles. The van der Waals surface area contributed by atoms with Gasteiger partial charge in [0.25, 0.3) is 0 Å². The van der Waals surface area contributed by atoms with E-state index in [4.69, 9.17) is 0 Å². The molecule has 14 heteroatoms. The Morgan fingerprint density at radius 1 is 0.171 bits per heavy atom.